The molecular formula is C22H34N4O2S2. The molecule has 0 unspecified atom stereocenters. The van der Waals surface area contributed by atoms with Crippen LogP contribution in [-0.4, -0.2) is 37.3 Å². The molecule has 0 aromatic carbocycles. The summed E-state index contributed by atoms with van der Waals surface area (Å²) < 4.78 is -0.111. The Hall–Kier alpha value is -1.67. The van der Waals surface area contributed by atoms with Crippen molar-refractivity contribution in [3.05, 3.63) is 28.5 Å². The molecule has 0 saturated carbocycles. The first-order valence-electron chi connectivity index (χ1n) is 10.7. The van der Waals surface area contributed by atoms with Gasteiger partial charge in [-0.25, -0.2) is 15.0 Å². The second kappa shape index (κ2) is 11.6. The van der Waals surface area contributed by atoms with Crippen molar-refractivity contribution in [2.45, 2.75) is 88.8 Å². The Labute approximate surface area is 188 Å². The topological polar surface area (TPSA) is 79.2 Å². The summed E-state index contributed by atoms with van der Waals surface area (Å²) in [7, 11) is 0. The van der Waals surface area contributed by atoms with Crippen molar-refractivity contribution in [2.24, 2.45) is 0 Å². The van der Waals surface area contributed by atoms with E-state index in [2.05, 4.69) is 33.7 Å². The summed E-state index contributed by atoms with van der Waals surface area (Å²) in [6, 6.07) is 0. The number of thioether (sulfide) groups is 1. The van der Waals surface area contributed by atoms with Crippen molar-refractivity contribution < 1.29 is 9.90 Å². The molecule has 6 nitrogen and oxygen atoms in total. The van der Waals surface area contributed by atoms with Crippen molar-refractivity contribution in [3.8, 4) is 0 Å². The van der Waals surface area contributed by atoms with Crippen LogP contribution in [0.1, 0.15) is 75.9 Å². The number of hydrogen-bond acceptors (Lipinski definition) is 7. The minimum Gasteiger partial charge on any atom is -0.480 e. The zero-order chi connectivity index (χ0) is 22.1. The molecule has 2 aromatic heterocycles. The van der Waals surface area contributed by atoms with E-state index >= 15 is 0 Å². The third-order valence-corrected chi connectivity index (χ3v) is 7.37. The highest BCUT2D eigenvalue weighted by molar-refractivity contribution is 8.03. The number of aryl methyl sites for hydroxylation is 2. The summed E-state index contributed by atoms with van der Waals surface area (Å²) in [4.78, 5) is 28.6. The van der Waals surface area contributed by atoms with Crippen LogP contribution in [0.25, 0.3) is 0 Å². The minimum atomic E-state index is -0.903. The van der Waals surface area contributed by atoms with E-state index in [1.807, 2.05) is 19.3 Å². The lowest BCUT2D eigenvalue weighted by atomic mass is 10.1. The van der Waals surface area contributed by atoms with Crippen LogP contribution in [0.5, 0.6) is 0 Å². The van der Waals surface area contributed by atoms with Gasteiger partial charge in [-0.3, -0.25) is 4.79 Å². The van der Waals surface area contributed by atoms with Crippen molar-refractivity contribution in [1.82, 2.24) is 15.0 Å². The lowest BCUT2D eigenvalue weighted by molar-refractivity contribution is -0.138. The number of anilines is 1. The minimum absolute atomic E-state index is 0.691. The molecule has 0 atom stereocenters. The molecule has 0 radical (unpaired) electrons. The van der Waals surface area contributed by atoms with Gasteiger partial charge in [-0.15, -0.1) is 11.3 Å². The number of unbranched alkanes of at least 4 members (excludes halogenated alkanes) is 4. The number of aromatic nitrogens is 3. The quantitative estimate of drug-likeness (QED) is 0.308. The second-order valence-electron chi connectivity index (χ2n) is 7.99. The molecule has 0 bridgehead atoms. The fourth-order valence-corrected chi connectivity index (χ4v) is 5.48. The van der Waals surface area contributed by atoms with Gasteiger partial charge in [-0.2, -0.15) is 0 Å². The third-order valence-electron chi connectivity index (χ3n) is 4.98. The van der Waals surface area contributed by atoms with Crippen LogP contribution in [0.15, 0.2) is 16.7 Å². The SMILES string of the molecule is CCCCCCCN(Cc1sc(SC(C)(C)C(=O)O)nc1C)c1ncc(CC)cn1. The zero-order valence-corrected chi connectivity index (χ0v) is 20.4. The number of carboxylic acids is 1. The molecule has 2 heterocycles. The molecule has 0 aliphatic heterocycles. The molecule has 0 saturated heterocycles. The Morgan fingerprint density at radius 1 is 1.17 bits per heavy atom. The van der Waals surface area contributed by atoms with E-state index in [1.54, 1.807) is 25.2 Å². The normalized spacial score (nSPS) is 11.6. The summed E-state index contributed by atoms with van der Waals surface area (Å²) in [5.41, 5.74) is 2.08. The standard InChI is InChI=1S/C22H34N4O2S2/c1-6-8-9-10-11-12-26(20-23-13-17(7-2)14-24-20)15-18-16(3)25-21(29-18)30-22(4,5)19(27)28/h13-14H,6-12,15H2,1-5H3,(H,27,28). The highest BCUT2D eigenvalue weighted by atomic mass is 32.2. The fraction of sp³-hybridized carbons (Fsp3) is 0.636. The van der Waals surface area contributed by atoms with Gasteiger partial charge in [0.25, 0.3) is 0 Å². The number of rotatable bonds is 13. The lowest BCUT2D eigenvalue weighted by Crippen LogP contribution is -2.26. The molecule has 0 amide bonds. The summed E-state index contributed by atoms with van der Waals surface area (Å²) >= 11 is 2.87. The van der Waals surface area contributed by atoms with Crippen molar-refractivity contribution in [1.29, 1.82) is 0 Å². The fourth-order valence-electron chi connectivity index (χ4n) is 2.88. The zero-order valence-electron chi connectivity index (χ0n) is 18.8. The van der Waals surface area contributed by atoms with Gasteiger partial charge in [-0.05, 0) is 39.2 Å². The first kappa shape index (κ1) is 24.6. The van der Waals surface area contributed by atoms with E-state index in [0.29, 0.717) is 6.54 Å². The molecular weight excluding hydrogens is 416 g/mol. The van der Waals surface area contributed by atoms with Gasteiger partial charge in [0.2, 0.25) is 5.95 Å². The molecule has 166 valence electrons. The van der Waals surface area contributed by atoms with Gasteiger partial charge in [0.05, 0.1) is 12.2 Å². The Kier molecular flexibility index (Phi) is 9.55. The van der Waals surface area contributed by atoms with Gasteiger partial charge < -0.3 is 10.0 Å². The van der Waals surface area contributed by atoms with E-state index in [0.717, 1.165) is 45.8 Å². The molecule has 30 heavy (non-hydrogen) atoms. The summed E-state index contributed by atoms with van der Waals surface area (Å²) in [5.74, 6) is -0.0874. The summed E-state index contributed by atoms with van der Waals surface area (Å²) in [6.07, 6.45) is 10.8. The Balaban J connectivity index is 2.14. The van der Waals surface area contributed by atoms with Crippen LogP contribution in [-0.2, 0) is 17.8 Å². The molecule has 0 aliphatic carbocycles. The van der Waals surface area contributed by atoms with Crippen LogP contribution in [0.4, 0.5) is 5.95 Å². The van der Waals surface area contributed by atoms with E-state index in [-0.39, 0.29) is 0 Å². The third kappa shape index (κ3) is 7.23. The number of thiazole rings is 1. The van der Waals surface area contributed by atoms with Gasteiger partial charge >= 0.3 is 5.97 Å². The molecule has 1 N–H and O–H groups in total. The van der Waals surface area contributed by atoms with Crippen molar-refractivity contribution in [2.75, 3.05) is 11.4 Å². The van der Waals surface area contributed by atoms with Crippen LogP contribution in [0.3, 0.4) is 0 Å². The molecule has 0 spiro atoms. The van der Waals surface area contributed by atoms with Crippen LogP contribution in [0, 0.1) is 6.92 Å². The summed E-state index contributed by atoms with van der Waals surface area (Å²) in [6.45, 7) is 11.3. The molecule has 8 heteroatoms. The number of carboxylic acid groups (broad SMARTS) is 1. The van der Waals surface area contributed by atoms with Gasteiger partial charge in [0, 0.05) is 23.8 Å². The lowest BCUT2D eigenvalue weighted by Gasteiger charge is -2.22. The first-order chi connectivity index (χ1) is 14.3. The maximum Gasteiger partial charge on any atom is 0.319 e. The van der Waals surface area contributed by atoms with E-state index in [9.17, 15) is 9.90 Å². The molecule has 2 aromatic rings. The number of nitrogens with zero attached hydrogens (tertiary/aromatic N) is 4. The average Bonchev–Trinajstić information content (AvgIpc) is 3.04. The van der Waals surface area contributed by atoms with Crippen molar-refractivity contribution >= 4 is 35.0 Å². The Morgan fingerprint density at radius 3 is 2.43 bits per heavy atom. The maximum absolute atomic E-state index is 11.5. The van der Waals surface area contributed by atoms with Gasteiger partial charge in [0.15, 0.2) is 4.34 Å². The number of hydrogen-bond donors (Lipinski definition) is 1. The highest BCUT2D eigenvalue weighted by Gasteiger charge is 2.30. The molecule has 0 aliphatic rings. The monoisotopic (exact) mass is 450 g/mol. The van der Waals surface area contributed by atoms with Crippen LogP contribution < -0.4 is 4.90 Å². The second-order valence-corrected chi connectivity index (χ2v) is 10.9. The van der Waals surface area contributed by atoms with Crippen LogP contribution >= 0.6 is 23.1 Å². The Bertz CT molecular complexity index is 806. The largest absolute Gasteiger partial charge is 0.480 e. The number of carbonyl (C=O) groups is 1. The van der Waals surface area contributed by atoms with Gasteiger partial charge in [0.1, 0.15) is 4.75 Å². The van der Waals surface area contributed by atoms with Crippen molar-refractivity contribution in [3.63, 3.8) is 0 Å². The summed E-state index contributed by atoms with van der Waals surface area (Å²) in [5, 5.41) is 9.41. The Morgan fingerprint density at radius 2 is 1.83 bits per heavy atom. The highest BCUT2D eigenvalue weighted by Crippen LogP contribution is 2.37. The van der Waals surface area contributed by atoms with E-state index in [1.165, 1.54) is 37.4 Å². The maximum atomic E-state index is 11.5. The molecule has 0 fully saturated rings. The predicted octanol–water partition coefficient (Wildman–Crippen LogP) is 5.74. The predicted molar refractivity (Wildman–Crippen MR) is 126 cm³/mol. The van der Waals surface area contributed by atoms with Crippen LogP contribution in [0.2, 0.25) is 0 Å². The van der Waals surface area contributed by atoms with E-state index < -0.39 is 10.7 Å². The van der Waals surface area contributed by atoms with Gasteiger partial charge in [-0.1, -0.05) is 51.3 Å². The van der Waals surface area contributed by atoms with E-state index in [4.69, 9.17) is 0 Å². The first-order valence-corrected chi connectivity index (χ1v) is 12.3. The number of aliphatic carboxylic acids is 1. The average molecular weight is 451 g/mol. The molecule has 2 rings (SSSR count). The smallest absolute Gasteiger partial charge is 0.319 e.